The third-order valence-corrected chi connectivity index (χ3v) is 4.65. The second kappa shape index (κ2) is 6.67. The van der Waals surface area contributed by atoms with E-state index >= 15 is 0 Å². The summed E-state index contributed by atoms with van der Waals surface area (Å²) in [6, 6.07) is 5.94. The Balaban J connectivity index is 0.00000161. The molecule has 4 nitrogen and oxygen atoms in total. The minimum Gasteiger partial charge on any atom is -0.507 e. The molecule has 1 amide bonds. The molecule has 1 aromatic rings. The summed E-state index contributed by atoms with van der Waals surface area (Å²) in [5, 5.41) is 13.6. The second-order valence-electron chi connectivity index (χ2n) is 5.97. The van der Waals surface area contributed by atoms with Gasteiger partial charge in [-0.05, 0) is 50.3 Å². The van der Waals surface area contributed by atoms with Crippen molar-refractivity contribution < 1.29 is 9.90 Å². The van der Waals surface area contributed by atoms with Gasteiger partial charge in [0.05, 0.1) is 5.56 Å². The lowest BCUT2D eigenvalue weighted by Crippen LogP contribution is -2.53. The number of carbonyl (C=O) groups is 1. The zero-order valence-corrected chi connectivity index (χ0v) is 13.2. The summed E-state index contributed by atoms with van der Waals surface area (Å²) in [4.78, 5) is 14.5. The fraction of sp³-hybridized carbons (Fsp3) is 0.562. The summed E-state index contributed by atoms with van der Waals surface area (Å²) in [7, 11) is 0. The van der Waals surface area contributed by atoms with E-state index in [4.69, 9.17) is 0 Å². The monoisotopic (exact) mass is 310 g/mol. The summed E-state index contributed by atoms with van der Waals surface area (Å²) in [6.45, 7) is 4.52. The van der Waals surface area contributed by atoms with Crippen molar-refractivity contribution in [2.24, 2.45) is 5.92 Å². The van der Waals surface area contributed by atoms with Crippen molar-refractivity contribution in [2.75, 3.05) is 19.6 Å². The van der Waals surface area contributed by atoms with Gasteiger partial charge in [-0.2, -0.15) is 0 Å². The second-order valence-corrected chi connectivity index (χ2v) is 5.97. The molecule has 2 fully saturated rings. The highest BCUT2D eigenvalue weighted by Crippen LogP contribution is 2.28. The van der Waals surface area contributed by atoms with Crippen LogP contribution in [0.1, 0.15) is 35.2 Å². The molecule has 116 valence electrons. The van der Waals surface area contributed by atoms with Crippen molar-refractivity contribution >= 4 is 18.3 Å². The number of aryl methyl sites for hydroxylation is 1. The SMILES string of the molecule is Cc1cccc(C(=O)N2CC[C@@H]3NCCC[C@@H]3C2)c1O.Cl. The number of phenolic OH excluding ortho intramolecular Hbond substituents is 1. The number of rotatable bonds is 1. The number of benzene rings is 1. The Kier molecular flexibility index (Phi) is 5.12. The number of nitrogens with zero attached hydrogens (tertiary/aromatic N) is 1. The Morgan fingerprint density at radius 3 is 3.00 bits per heavy atom. The number of fused-ring (bicyclic) bond motifs is 1. The molecule has 2 N–H and O–H groups in total. The van der Waals surface area contributed by atoms with E-state index in [-0.39, 0.29) is 24.1 Å². The molecule has 0 aromatic heterocycles. The normalized spacial score (nSPS) is 24.9. The number of amides is 1. The molecular weight excluding hydrogens is 288 g/mol. The summed E-state index contributed by atoms with van der Waals surface area (Å²) in [6.07, 6.45) is 3.41. The number of likely N-dealkylation sites (tertiary alicyclic amines) is 1. The highest BCUT2D eigenvalue weighted by molar-refractivity contribution is 5.97. The van der Waals surface area contributed by atoms with E-state index in [1.54, 1.807) is 6.07 Å². The predicted octanol–water partition coefficient (Wildman–Crippen LogP) is 2.34. The van der Waals surface area contributed by atoms with Crippen LogP contribution in [-0.2, 0) is 0 Å². The van der Waals surface area contributed by atoms with Gasteiger partial charge in [-0.3, -0.25) is 4.79 Å². The first kappa shape index (κ1) is 16.1. The van der Waals surface area contributed by atoms with Crippen molar-refractivity contribution in [2.45, 2.75) is 32.2 Å². The van der Waals surface area contributed by atoms with Gasteiger partial charge in [0.2, 0.25) is 0 Å². The van der Waals surface area contributed by atoms with Gasteiger partial charge in [0.15, 0.2) is 0 Å². The van der Waals surface area contributed by atoms with Crippen LogP contribution in [0.2, 0.25) is 0 Å². The Morgan fingerprint density at radius 1 is 1.38 bits per heavy atom. The maximum atomic E-state index is 12.6. The van der Waals surface area contributed by atoms with Crippen molar-refractivity contribution in [1.82, 2.24) is 10.2 Å². The number of hydrogen-bond acceptors (Lipinski definition) is 3. The molecule has 3 rings (SSSR count). The smallest absolute Gasteiger partial charge is 0.257 e. The number of hydrogen-bond donors (Lipinski definition) is 2. The first-order valence-electron chi connectivity index (χ1n) is 7.48. The van der Waals surface area contributed by atoms with Crippen LogP contribution in [0.3, 0.4) is 0 Å². The Bertz CT molecular complexity index is 521. The van der Waals surface area contributed by atoms with Crippen LogP contribution < -0.4 is 5.32 Å². The fourth-order valence-electron chi connectivity index (χ4n) is 3.43. The third-order valence-electron chi connectivity index (χ3n) is 4.65. The maximum Gasteiger partial charge on any atom is 0.257 e. The average Bonchev–Trinajstić information content (AvgIpc) is 2.49. The van der Waals surface area contributed by atoms with Gasteiger partial charge in [0, 0.05) is 19.1 Å². The predicted molar refractivity (Wildman–Crippen MR) is 85.1 cm³/mol. The van der Waals surface area contributed by atoms with Crippen LogP contribution in [0.5, 0.6) is 5.75 Å². The maximum absolute atomic E-state index is 12.6. The van der Waals surface area contributed by atoms with E-state index < -0.39 is 0 Å². The lowest BCUT2D eigenvalue weighted by Gasteiger charge is -2.41. The number of piperidine rings is 2. The van der Waals surface area contributed by atoms with E-state index in [0.717, 1.165) is 31.6 Å². The number of para-hydroxylation sites is 1. The molecule has 0 unspecified atom stereocenters. The third kappa shape index (κ3) is 3.16. The summed E-state index contributed by atoms with van der Waals surface area (Å²) < 4.78 is 0. The first-order chi connectivity index (χ1) is 9.66. The molecule has 0 aliphatic carbocycles. The van der Waals surface area contributed by atoms with Gasteiger partial charge in [-0.1, -0.05) is 12.1 Å². The van der Waals surface area contributed by atoms with Crippen molar-refractivity contribution in [3.63, 3.8) is 0 Å². The van der Waals surface area contributed by atoms with Crippen LogP contribution in [0, 0.1) is 12.8 Å². The molecule has 2 atom stereocenters. The molecule has 2 saturated heterocycles. The van der Waals surface area contributed by atoms with Crippen LogP contribution in [0.25, 0.3) is 0 Å². The summed E-state index contributed by atoms with van der Waals surface area (Å²) in [5.74, 6) is 0.657. The van der Waals surface area contributed by atoms with Crippen LogP contribution in [0.15, 0.2) is 18.2 Å². The first-order valence-corrected chi connectivity index (χ1v) is 7.48. The van der Waals surface area contributed by atoms with Gasteiger partial charge >= 0.3 is 0 Å². The van der Waals surface area contributed by atoms with Gasteiger partial charge in [-0.15, -0.1) is 12.4 Å². The van der Waals surface area contributed by atoms with E-state index in [0.29, 0.717) is 17.5 Å². The molecule has 2 heterocycles. The quantitative estimate of drug-likeness (QED) is 0.837. The van der Waals surface area contributed by atoms with E-state index in [1.807, 2.05) is 24.0 Å². The molecule has 1 aromatic carbocycles. The van der Waals surface area contributed by atoms with Crippen molar-refractivity contribution in [3.8, 4) is 5.75 Å². The molecular formula is C16H23ClN2O2. The Morgan fingerprint density at radius 2 is 2.19 bits per heavy atom. The van der Waals surface area contributed by atoms with E-state index in [2.05, 4.69) is 5.32 Å². The highest BCUT2D eigenvalue weighted by atomic mass is 35.5. The number of aromatic hydroxyl groups is 1. The van der Waals surface area contributed by atoms with Gasteiger partial charge < -0.3 is 15.3 Å². The number of halogens is 1. The van der Waals surface area contributed by atoms with Crippen LogP contribution in [0.4, 0.5) is 0 Å². The van der Waals surface area contributed by atoms with E-state index in [1.165, 1.54) is 12.8 Å². The van der Waals surface area contributed by atoms with Gasteiger partial charge in [0.25, 0.3) is 5.91 Å². The molecule has 21 heavy (non-hydrogen) atoms. The van der Waals surface area contributed by atoms with E-state index in [9.17, 15) is 9.90 Å². The van der Waals surface area contributed by atoms with Crippen molar-refractivity contribution in [1.29, 1.82) is 0 Å². The highest BCUT2D eigenvalue weighted by Gasteiger charge is 2.33. The lowest BCUT2D eigenvalue weighted by molar-refractivity contribution is 0.0590. The van der Waals surface area contributed by atoms with Crippen molar-refractivity contribution in [3.05, 3.63) is 29.3 Å². The topological polar surface area (TPSA) is 52.6 Å². The molecule has 0 radical (unpaired) electrons. The fourth-order valence-corrected chi connectivity index (χ4v) is 3.43. The lowest BCUT2D eigenvalue weighted by atomic mass is 9.85. The van der Waals surface area contributed by atoms with Gasteiger partial charge in [0.1, 0.15) is 5.75 Å². The standard InChI is InChI=1S/C16H22N2O2.ClH/c1-11-4-2-6-13(15(11)19)16(20)18-9-7-14-12(10-18)5-3-8-17-14;/h2,4,6,12,14,17,19H,3,5,7-10H2,1H3;1H/t12-,14+;/m1./s1. The molecule has 0 spiro atoms. The number of nitrogens with one attached hydrogen (secondary N) is 1. The summed E-state index contributed by atoms with van der Waals surface area (Å²) >= 11 is 0. The number of carbonyl (C=O) groups excluding carboxylic acids is 1. The van der Waals surface area contributed by atoms with Crippen LogP contribution >= 0.6 is 12.4 Å². The largest absolute Gasteiger partial charge is 0.507 e. The molecule has 0 bridgehead atoms. The molecule has 0 saturated carbocycles. The molecule has 2 aliphatic rings. The average molecular weight is 311 g/mol. The van der Waals surface area contributed by atoms with Crippen LogP contribution in [-0.4, -0.2) is 41.6 Å². The molecule has 5 heteroatoms. The summed E-state index contributed by atoms with van der Waals surface area (Å²) in [5.41, 5.74) is 1.19. The molecule has 2 aliphatic heterocycles. The van der Waals surface area contributed by atoms with Gasteiger partial charge in [-0.25, -0.2) is 0 Å². The minimum absolute atomic E-state index is 0. The zero-order valence-electron chi connectivity index (χ0n) is 12.3. The zero-order chi connectivity index (χ0) is 14.1. The number of phenols is 1. The minimum atomic E-state index is -0.0322. The Labute approximate surface area is 131 Å². The Hall–Kier alpha value is -1.26.